The van der Waals surface area contributed by atoms with Crippen LogP contribution in [0.1, 0.15) is 21.5 Å². The lowest BCUT2D eigenvalue weighted by molar-refractivity contribution is -0.384. The van der Waals surface area contributed by atoms with Gasteiger partial charge in [0.1, 0.15) is 5.02 Å². The average molecular weight is 434 g/mol. The van der Waals surface area contributed by atoms with Crippen LogP contribution in [0.15, 0.2) is 47.4 Å². The molecule has 0 atom stereocenters. The molecule has 7 nitrogen and oxygen atoms in total. The van der Waals surface area contributed by atoms with E-state index in [4.69, 9.17) is 23.8 Å². The van der Waals surface area contributed by atoms with Gasteiger partial charge in [0, 0.05) is 11.6 Å². The van der Waals surface area contributed by atoms with E-state index < -0.39 is 16.7 Å². The van der Waals surface area contributed by atoms with Gasteiger partial charge in [-0.2, -0.15) is 5.01 Å². The van der Waals surface area contributed by atoms with Crippen molar-refractivity contribution in [3.63, 3.8) is 0 Å². The molecule has 142 valence electrons. The molecule has 1 aliphatic heterocycles. The third kappa shape index (κ3) is 4.06. The predicted octanol–water partition coefficient (Wildman–Crippen LogP) is 4.10. The molecule has 1 saturated heterocycles. The van der Waals surface area contributed by atoms with Crippen molar-refractivity contribution in [2.75, 3.05) is 0 Å². The minimum atomic E-state index is -0.604. The van der Waals surface area contributed by atoms with Crippen LogP contribution in [0, 0.1) is 17.0 Å². The number of nitrogens with one attached hydrogen (secondary N) is 1. The monoisotopic (exact) mass is 433 g/mol. The molecule has 0 aliphatic carbocycles. The Morgan fingerprint density at radius 3 is 2.71 bits per heavy atom. The Bertz CT molecular complexity index is 1050. The van der Waals surface area contributed by atoms with Crippen molar-refractivity contribution in [2.24, 2.45) is 0 Å². The highest BCUT2D eigenvalue weighted by Gasteiger charge is 2.34. The average Bonchev–Trinajstić information content (AvgIpc) is 2.90. The number of nitrogens with zero attached hydrogens (tertiary/aromatic N) is 2. The van der Waals surface area contributed by atoms with E-state index >= 15 is 0 Å². The summed E-state index contributed by atoms with van der Waals surface area (Å²) in [6.07, 6.45) is 1.46. The summed E-state index contributed by atoms with van der Waals surface area (Å²) in [5, 5.41) is 12.0. The highest BCUT2D eigenvalue weighted by Crippen LogP contribution is 2.33. The fourth-order valence-corrected chi connectivity index (χ4v) is 3.83. The highest BCUT2D eigenvalue weighted by atomic mass is 35.5. The first kappa shape index (κ1) is 20.0. The van der Waals surface area contributed by atoms with Crippen LogP contribution in [-0.4, -0.2) is 26.1 Å². The number of amides is 2. The third-order valence-corrected chi connectivity index (χ3v) is 5.48. The Kier molecular flexibility index (Phi) is 5.78. The summed E-state index contributed by atoms with van der Waals surface area (Å²) in [6, 6.07) is 11.2. The summed E-state index contributed by atoms with van der Waals surface area (Å²) in [7, 11) is 0. The molecule has 10 heteroatoms. The summed E-state index contributed by atoms with van der Waals surface area (Å²) < 4.78 is 0.154. The van der Waals surface area contributed by atoms with E-state index in [2.05, 4.69) is 5.43 Å². The first-order valence-corrected chi connectivity index (χ1v) is 9.46. The van der Waals surface area contributed by atoms with Gasteiger partial charge >= 0.3 is 0 Å². The van der Waals surface area contributed by atoms with Crippen molar-refractivity contribution in [3.8, 4) is 0 Å². The number of hydrogen-bond donors (Lipinski definition) is 1. The van der Waals surface area contributed by atoms with Crippen LogP contribution in [0.3, 0.4) is 0 Å². The minimum Gasteiger partial charge on any atom is -0.267 e. The number of aryl methyl sites for hydroxylation is 1. The van der Waals surface area contributed by atoms with E-state index in [1.54, 1.807) is 37.3 Å². The van der Waals surface area contributed by atoms with Crippen molar-refractivity contribution >= 4 is 63.5 Å². The van der Waals surface area contributed by atoms with E-state index in [0.717, 1.165) is 22.3 Å². The molecule has 1 aliphatic rings. The van der Waals surface area contributed by atoms with Gasteiger partial charge < -0.3 is 0 Å². The van der Waals surface area contributed by atoms with Gasteiger partial charge in [-0.25, -0.2) is 0 Å². The van der Waals surface area contributed by atoms with E-state index in [0.29, 0.717) is 11.1 Å². The number of thiocarbonyl (C=S) groups is 1. The second-order valence-corrected chi connectivity index (χ2v) is 7.82. The molecular formula is C18H12ClN3O4S2. The molecule has 2 aromatic rings. The zero-order valence-corrected chi connectivity index (χ0v) is 16.7. The molecule has 0 saturated carbocycles. The number of nitro groups is 1. The number of rotatable bonds is 4. The van der Waals surface area contributed by atoms with Crippen LogP contribution in [0.4, 0.5) is 5.69 Å². The molecule has 0 spiro atoms. The number of hydrazine groups is 1. The van der Waals surface area contributed by atoms with Crippen molar-refractivity contribution in [1.29, 1.82) is 0 Å². The number of nitro benzene ring substituents is 1. The number of hydrogen-bond acceptors (Lipinski definition) is 6. The minimum absolute atomic E-state index is 0.000179. The van der Waals surface area contributed by atoms with E-state index in [9.17, 15) is 19.7 Å². The maximum Gasteiger partial charge on any atom is 0.288 e. The van der Waals surface area contributed by atoms with Crippen LogP contribution < -0.4 is 5.43 Å². The molecule has 3 rings (SSSR count). The van der Waals surface area contributed by atoms with Crippen LogP contribution >= 0.6 is 35.6 Å². The van der Waals surface area contributed by atoms with Crippen molar-refractivity contribution in [2.45, 2.75) is 6.92 Å². The Labute approximate surface area is 174 Å². The molecule has 1 fully saturated rings. The maximum atomic E-state index is 12.6. The van der Waals surface area contributed by atoms with E-state index in [1.807, 2.05) is 0 Å². The smallest absolute Gasteiger partial charge is 0.267 e. The molecule has 1 N–H and O–H groups in total. The Hall–Kier alpha value is -2.75. The second kappa shape index (κ2) is 8.09. The first-order chi connectivity index (χ1) is 13.3. The Morgan fingerprint density at radius 2 is 2.04 bits per heavy atom. The van der Waals surface area contributed by atoms with E-state index in [1.165, 1.54) is 18.2 Å². The molecule has 2 amide bonds. The molecule has 0 aromatic heterocycles. The zero-order valence-electron chi connectivity index (χ0n) is 14.3. The van der Waals surface area contributed by atoms with Gasteiger partial charge in [-0.1, -0.05) is 47.6 Å². The summed E-state index contributed by atoms with van der Waals surface area (Å²) in [4.78, 5) is 35.7. The van der Waals surface area contributed by atoms with Gasteiger partial charge in [-0.3, -0.25) is 25.1 Å². The summed E-state index contributed by atoms with van der Waals surface area (Å²) in [6.45, 7) is 1.78. The highest BCUT2D eigenvalue weighted by molar-refractivity contribution is 8.26. The standard InChI is InChI=1S/C18H12ClN3O4S2/c1-10-4-2-3-5-12(10)16(23)20-21-17(24)15(28-18(21)27)9-11-6-7-13(19)14(8-11)22(25)26/h2-9H,1H3,(H,20,23)/b15-9+. The molecular weight excluding hydrogens is 422 g/mol. The van der Waals surface area contributed by atoms with Gasteiger partial charge in [0.05, 0.1) is 9.83 Å². The largest absolute Gasteiger partial charge is 0.288 e. The summed E-state index contributed by atoms with van der Waals surface area (Å²) in [5.41, 5.74) is 3.84. The molecule has 1 heterocycles. The fraction of sp³-hybridized carbons (Fsp3) is 0.0556. The lowest BCUT2D eigenvalue weighted by Crippen LogP contribution is -2.45. The number of carbonyl (C=O) groups excluding carboxylic acids is 2. The third-order valence-electron chi connectivity index (χ3n) is 3.86. The number of thioether (sulfide) groups is 1. The Balaban J connectivity index is 1.83. The topological polar surface area (TPSA) is 92.6 Å². The van der Waals surface area contributed by atoms with Gasteiger partial charge in [-0.15, -0.1) is 0 Å². The lowest BCUT2D eigenvalue weighted by atomic mass is 10.1. The number of carbonyl (C=O) groups is 2. The fourth-order valence-electron chi connectivity index (χ4n) is 2.46. The lowest BCUT2D eigenvalue weighted by Gasteiger charge is -2.16. The van der Waals surface area contributed by atoms with Crippen LogP contribution in [0.2, 0.25) is 5.02 Å². The molecule has 0 bridgehead atoms. The number of halogens is 1. The van der Waals surface area contributed by atoms with Gasteiger partial charge in [0.25, 0.3) is 17.5 Å². The van der Waals surface area contributed by atoms with Gasteiger partial charge in [0.2, 0.25) is 0 Å². The SMILES string of the molecule is Cc1ccccc1C(=O)NN1C(=O)/C(=C\c2ccc(Cl)c([N+](=O)[O-])c2)SC1=S. The van der Waals surface area contributed by atoms with Gasteiger partial charge in [-0.05, 0) is 48.5 Å². The van der Waals surface area contributed by atoms with Crippen LogP contribution in [0.25, 0.3) is 6.08 Å². The summed E-state index contributed by atoms with van der Waals surface area (Å²) in [5.74, 6) is -0.979. The molecule has 0 unspecified atom stereocenters. The van der Waals surface area contributed by atoms with Crippen molar-refractivity contribution in [3.05, 3.63) is 79.2 Å². The molecule has 28 heavy (non-hydrogen) atoms. The molecule has 2 aromatic carbocycles. The quantitative estimate of drug-likeness (QED) is 0.337. The van der Waals surface area contributed by atoms with Crippen molar-refractivity contribution in [1.82, 2.24) is 10.4 Å². The molecule has 0 radical (unpaired) electrons. The Morgan fingerprint density at radius 1 is 1.32 bits per heavy atom. The van der Waals surface area contributed by atoms with Crippen LogP contribution in [0.5, 0.6) is 0 Å². The van der Waals surface area contributed by atoms with Crippen LogP contribution in [-0.2, 0) is 4.79 Å². The normalized spacial score (nSPS) is 15.2. The number of benzene rings is 2. The maximum absolute atomic E-state index is 12.6. The summed E-state index contributed by atoms with van der Waals surface area (Å²) >= 11 is 12.0. The van der Waals surface area contributed by atoms with E-state index in [-0.39, 0.29) is 19.9 Å². The predicted molar refractivity (Wildman–Crippen MR) is 112 cm³/mol. The first-order valence-electron chi connectivity index (χ1n) is 7.86. The zero-order chi connectivity index (χ0) is 20.4. The second-order valence-electron chi connectivity index (χ2n) is 5.74. The van der Waals surface area contributed by atoms with Gasteiger partial charge in [0.15, 0.2) is 4.32 Å². The van der Waals surface area contributed by atoms with Crippen molar-refractivity contribution < 1.29 is 14.5 Å².